The Labute approximate surface area is 351 Å². The highest BCUT2D eigenvalue weighted by Gasteiger charge is 2.31. The Hall–Kier alpha value is -5.49. The maximum Gasteiger partial charge on any atom is 0.243 e. The summed E-state index contributed by atoms with van der Waals surface area (Å²) in [7, 11) is 3.80. The van der Waals surface area contributed by atoms with Gasteiger partial charge in [0.15, 0.2) is 5.96 Å². The lowest BCUT2D eigenvalue weighted by Gasteiger charge is -2.26. The third kappa shape index (κ3) is 14.7. The SMILES string of the molecule is NC(=O)[C@H](Cc1c[nH]c2ccccc12)NC(=O)[C@H](CCCN=C(N)N)NC(=O)[C@@H](CCc1ccccc1)NC(=O)[C@H](Cc1cnc[nH]1)NC(=O)CCCCC1CCSS1. The maximum atomic E-state index is 14.2. The van der Waals surface area contributed by atoms with Crippen molar-refractivity contribution in [2.24, 2.45) is 22.2 Å². The number of unbranched alkanes of at least 4 members (excludes halogenated alkanes) is 1. The Balaban J connectivity index is 1.31. The highest BCUT2D eigenvalue weighted by Crippen LogP contribution is 2.39. The van der Waals surface area contributed by atoms with Gasteiger partial charge in [-0.2, -0.15) is 0 Å². The number of carbonyl (C=O) groups is 5. The normalized spacial score (nSPS) is 15.7. The molecule has 0 aliphatic carbocycles. The van der Waals surface area contributed by atoms with Crippen LogP contribution in [0.15, 0.2) is 78.3 Å². The number of rotatable bonds is 24. The van der Waals surface area contributed by atoms with E-state index in [1.54, 1.807) is 12.4 Å². The number of hydrogen-bond acceptors (Lipinski definition) is 9. The molecule has 4 aromatic rings. The zero-order valence-corrected chi connectivity index (χ0v) is 34.6. The minimum atomic E-state index is -1.15. The lowest BCUT2D eigenvalue weighted by molar-refractivity contribution is -0.134. The van der Waals surface area contributed by atoms with Crippen LogP contribution in [0.3, 0.4) is 0 Å². The number of benzene rings is 2. The molecular formula is C41H55N11O5S2. The fourth-order valence-corrected chi connectivity index (χ4v) is 9.90. The van der Waals surface area contributed by atoms with Crippen LogP contribution in [0, 0.1) is 0 Å². The van der Waals surface area contributed by atoms with Crippen molar-refractivity contribution >= 4 is 68.0 Å². The summed E-state index contributed by atoms with van der Waals surface area (Å²) in [5.74, 6) is -1.82. The van der Waals surface area contributed by atoms with Gasteiger partial charge in [-0.05, 0) is 62.1 Å². The van der Waals surface area contributed by atoms with Gasteiger partial charge in [0.05, 0.1) is 6.33 Å². The van der Waals surface area contributed by atoms with Crippen molar-refractivity contribution in [1.29, 1.82) is 0 Å². The van der Waals surface area contributed by atoms with Gasteiger partial charge in [-0.15, -0.1) is 0 Å². The average Bonchev–Trinajstić information content (AvgIpc) is 4.03. The molecule has 1 saturated heterocycles. The molecule has 0 spiro atoms. The van der Waals surface area contributed by atoms with Crippen molar-refractivity contribution in [3.63, 3.8) is 0 Å². The van der Waals surface area contributed by atoms with E-state index in [2.05, 4.69) is 41.2 Å². The number of hydrogen-bond donors (Lipinski definition) is 9. The smallest absolute Gasteiger partial charge is 0.243 e. The maximum absolute atomic E-state index is 14.2. The van der Waals surface area contributed by atoms with Crippen LogP contribution in [0.4, 0.5) is 0 Å². The third-order valence-electron chi connectivity index (χ3n) is 10.1. The standard InChI is InChI=1S/C41H55N11O5S2/c42-37(54)34(21-27-23-47-31-13-6-5-12-30(27)31)52-38(55)32(14-8-19-46-41(43)44)50-39(56)33(17-16-26-9-2-1-3-10-26)51-40(57)35(22-28-24-45-25-48-28)49-36(53)15-7-4-11-29-18-20-58-59-29/h1-3,5-6,9-10,12-13,23-25,29,32-35,47H,4,7-8,11,14-22H2,(H2,42,54)(H,45,48)(H,49,53)(H,50,56)(H,51,57)(H,52,55)(H4,43,44,46)/t29?,32-,33+,34-,35-/m0/s1. The van der Waals surface area contributed by atoms with Crippen LogP contribution in [0.2, 0.25) is 0 Å². The number of H-pyrrole nitrogens is 2. The number of imidazole rings is 1. The van der Waals surface area contributed by atoms with Crippen LogP contribution in [0.5, 0.6) is 0 Å². The van der Waals surface area contributed by atoms with Gasteiger partial charge < -0.3 is 48.4 Å². The second kappa shape index (κ2) is 23.2. The van der Waals surface area contributed by atoms with Crippen molar-refractivity contribution in [1.82, 2.24) is 36.2 Å². The monoisotopic (exact) mass is 845 g/mol. The molecule has 16 nitrogen and oxygen atoms in total. The molecule has 0 saturated carbocycles. The fraction of sp³-hybridized carbons (Fsp3) is 0.439. The number of guanidine groups is 1. The Morgan fingerprint density at radius 3 is 2.20 bits per heavy atom. The number of aryl methyl sites for hydroxylation is 1. The van der Waals surface area contributed by atoms with E-state index in [4.69, 9.17) is 17.2 Å². The van der Waals surface area contributed by atoms with Gasteiger partial charge in [0.1, 0.15) is 24.2 Å². The van der Waals surface area contributed by atoms with Crippen LogP contribution in [-0.4, -0.2) is 92.2 Å². The molecule has 5 rings (SSSR count). The molecular weight excluding hydrogens is 791 g/mol. The summed E-state index contributed by atoms with van der Waals surface area (Å²) in [6.45, 7) is 0.179. The average molecular weight is 846 g/mol. The van der Waals surface area contributed by atoms with E-state index in [0.717, 1.165) is 40.6 Å². The Morgan fingerprint density at radius 2 is 1.51 bits per heavy atom. The molecule has 12 N–H and O–H groups in total. The summed E-state index contributed by atoms with van der Waals surface area (Å²) >= 11 is 0. The van der Waals surface area contributed by atoms with Gasteiger partial charge in [-0.3, -0.25) is 29.0 Å². The van der Waals surface area contributed by atoms with Crippen molar-refractivity contribution in [3.05, 3.63) is 90.1 Å². The largest absolute Gasteiger partial charge is 0.370 e. The first kappa shape index (κ1) is 44.6. The number of nitrogens with two attached hydrogens (primary N) is 3. The van der Waals surface area contributed by atoms with E-state index < -0.39 is 47.8 Å². The van der Waals surface area contributed by atoms with Crippen molar-refractivity contribution < 1.29 is 24.0 Å². The van der Waals surface area contributed by atoms with E-state index in [1.165, 1.54) is 12.7 Å². The summed E-state index contributed by atoms with van der Waals surface area (Å²) in [6.07, 6.45) is 10.1. The van der Waals surface area contributed by atoms with Crippen LogP contribution in [0.1, 0.15) is 68.2 Å². The Kier molecular flexibility index (Phi) is 17.5. The molecule has 3 heterocycles. The first-order valence-corrected chi connectivity index (χ1v) is 22.3. The number of aromatic nitrogens is 3. The number of para-hydroxylation sites is 1. The van der Waals surface area contributed by atoms with Crippen LogP contribution < -0.4 is 38.5 Å². The Morgan fingerprint density at radius 1 is 0.797 bits per heavy atom. The molecule has 316 valence electrons. The van der Waals surface area contributed by atoms with E-state index in [0.29, 0.717) is 30.2 Å². The molecule has 5 amide bonds. The predicted octanol–water partition coefficient (Wildman–Crippen LogP) is 2.50. The first-order valence-electron chi connectivity index (χ1n) is 19.9. The molecule has 2 aromatic carbocycles. The summed E-state index contributed by atoms with van der Waals surface area (Å²) in [6, 6.07) is 12.7. The minimum absolute atomic E-state index is 0.100. The van der Waals surface area contributed by atoms with Gasteiger partial charge in [0.2, 0.25) is 29.5 Å². The summed E-state index contributed by atoms with van der Waals surface area (Å²) in [5.41, 5.74) is 20.0. The quantitative estimate of drug-likeness (QED) is 0.0215. The Bertz CT molecular complexity index is 2000. The highest BCUT2D eigenvalue weighted by atomic mass is 33.1. The van der Waals surface area contributed by atoms with Gasteiger partial charge in [-0.1, -0.05) is 76.5 Å². The van der Waals surface area contributed by atoms with Crippen molar-refractivity contribution in [3.8, 4) is 0 Å². The number of nitrogens with one attached hydrogen (secondary N) is 6. The van der Waals surface area contributed by atoms with Gasteiger partial charge >= 0.3 is 0 Å². The van der Waals surface area contributed by atoms with Gasteiger partial charge in [0, 0.05) is 65.8 Å². The molecule has 5 atom stereocenters. The molecule has 1 aliphatic rings. The number of nitrogens with zero attached hydrogens (tertiary/aromatic N) is 2. The number of amides is 5. The van der Waals surface area contributed by atoms with Gasteiger partial charge in [-0.25, -0.2) is 4.98 Å². The molecule has 1 aliphatic heterocycles. The second-order valence-corrected chi connectivity index (χ2v) is 17.4. The van der Waals surface area contributed by atoms with Gasteiger partial charge in [0.25, 0.3) is 0 Å². The number of carbonyl (C=O) groups excluding carboxylic acids is 5. The van der Waals surface area contributed by atoms with E-state index in [1.807, 2.05) is 76.2 Å². The summed E-state index contributed by atoms with van der Waals surface area (Å²) < 4.78 is 0. The molecule has 0 bridgehead atoms. The van der Waals surface area contributed by atoms with Crippen LogP contribution in [-0.2, 0) is 43.2 Å². The van der Waals surface area contributed by atoms with Crippen LogP contribution in [0.25, 0.3) is 10.9 Å². The molecule has 0 radical (unpaired) electrons. The molecule has 1 fully saturated rings. The molecule has 59 heavy (non-hydrogen) atoms. The zero-order valence-electron chi connectivity index (χ0n) is 33.0. The molecule has 18 heteroatoms. The predicted molar refractivity (Wildman–Crippen MR) is 233 cm³/mol. The second-order valence-electron chi connectivity index (χ2n) is 14.6. The number of aliphatic imine (C=N–C) groups is 1. The minimum Gasteiger partial charge on any atom is -0.370 e. The molecule has 1 unspecified atom stereocenters. The first-order chi connectivity index (χ1) is 28.5. The van der Waals surface area contributed by atoms with Crippen molar-refractivity contribution in [2.45, 2.75) is 100 Å². The fourth-order valence-electron chi connectivity index (χ4n) is 6.87. The third-order valence-corrected chi connectivity index (χ3v) is 13.1. The lowest BCUT2D eigenvalue weighted by Crippen LogP contribution is -2.58. The topological polar surface area (TPSA) is 268 Å². The van der Waals surface area contributed by atoms with Crippen molar-refractivity contribution in [2.75, 3.05) is 12.3 Å². The summed E-state index contributed by atoms with van der Waals surface area (Å²) in [4.78, 5) is 82.4. The van der Waals surface area contributed by atoms with E-state index in [-0.39, 0.29) is 50.5 Å². The lowest BCUT2D eigenvalue weighted by atomic mass is 10.0. The number of primary amides is 1. The van der Waals surface area contributed by atoms with E-state index >= 15 is 0 Å². The highest BCUT2D eigenvalue weighted by molar-refractivity contribution is 8.77. The zero-order chi connectivity index (χ0) is 42.0. The molecule has 2 aromatic heterocycles. The summed E-state index contributed by atoms with van der Waals surface area (Å²) in [5, 5.41) is 12.8. The van der Waals surface area contributed by atoms with Crippen LogP contribution >= 0.6 is 21.6 Å². The van der Waals surface area contributed by atoms with E-state index in [9.17, 15) is 24.0 Å². The number of aromatic amines is 2. The number of fused-ring (bicyclic) bond motifs is 1.